The molecule has 2 heterocycles. The number of nitrogens with zero attached hydrogens (tertiary/aromatic N) is 2. The zero-order chi connectivity index (χ0) is 12.5. The molecule has 0 saturated heterocycles. The van der Waals surface area contributed by atoms with Crippen LogP contribution in [0.15, 0.2) is 11.7 Å². The lowest BCUT2D eigenvalue weighted by Gasteiger charge is -1.92. The van der Waals surface area contributed by atoms with Crippen LogP contribution < -0.4 is 0 Å². The van der Waals surface area contributed by atoms with Gasteiger partial charge in [0.05, 0.1) is 22.3 Å². The van der Waals surface area contributed by atoms with Gasteiger partial charge in [-0.3, -0.25) is 0 Å². The van der Waals surface area contributed by atoms with Crippen molar-refractivity contribution in [3.8, 4) is 0 Å². The molecule has 1 N–H and O–H groups in total. The minimum Gasteiger partial charge on any atom is -0.477 e. The SMILES string of the molecule is O=C(O)c1cnc(/C=C/c2scnc2C2CC2)s1. The molecule has 0 spiro atoms. The van der Waals surface area contributed by atoms with Gasteiger partial charge in [0, 0.05) is 5.92 Å². The van der Waals surface area contributed by atoms with E-state index in [0.717, 1.165) is 4.88 Å². The summed E-state index contributed by atoms with van der Waals surface area (Å²) < 4.78 is 0. The molecule has 1 aliphatic carbocycles. The van der Waals surface area contributed by atoms with Crippen LogP contribution in [0.5, 0.6) is 0 Å². The minimum absolute atomic E-state index is 0.265. The summed E-state index contributed by atoms with van der Waals surface area (Å²) in [6, 6.07) is 0. The third-order valence-corrected chi connectivity index (χ3v) is 4.46. The summed E-state index contributed by atoms with van der Waals surface area (Å²) in [5, 5.41) is 9.52. The van der Waals surface area contributed by atoms with Crippen molar-refractivity contribution in [3.05, 3.63) is 32.2 Å². The molecule has 18 heavy (non-hydrogen) atoms. The van der Waals surface area contributed by atoms with Gasteiger partial charge in [-0.05, 0) is 25.0 Å². The second-order valence-corrected chi connectivity index (χ2v) is 6.03. The molecule has 2 aromatic rings. The van der Waals surface area contributed by atoms with Gasteiger partial charge in [0.15, 0.2) is 0 Å². The quantitative estimate of drug-likeness (QED) is 0.931. The smallest absolute Gasteiger partial charge is 0.347 e. The normalized spacial score (nSPS) is 15.3. The molecule has 0 aliphatic heterocycles. The average Bonchev–Trinajstić information content (AvgIpc) is 2.92. The molecular formula is C12H10N2O2S2. The molecule has 0 unspecified atom stereocenters. The summed E-state index contributed by atoms with van der Waals surface area (Å²) in [5.74, 6) is -0.301. The highest BCUT2D eigenvalue weighted by atomic mass is 32.1. The number of carboxylic acid groups (broad SMARTS) is 1. The Morgan fingerprint density at radius 1 is 1.39 bits per heavy atom. The molecule has 6 heteroatoms. The summed E-state index contributed by atoms with van der Waals surface area (Å²) in [6.45, 7) is 0. The first-order valence-electron chi connectivity index (χ1n) is 5.54. The van der Waals surface area contributed by atoms with E-state index in [0.29, 0.717) is 10.9 Å². The van der Waals surface area contributed by atoms with Gasteiger partial charge >= 0.3 is 5.97 Å². The van der Waals surface area contributed by atoms with E-state index >= 15 is 0 Å². The van der Waals surface area contributed by atoms with Crippen molar-refractivity contribution in [1.82, 2.24) is 9.97 Å². The Morgan fingerprint density at radius 2 is 2.22 bits per heavy atom. The first-order valence-corrected chi connectivity index (χ1v) is 7.24. The zero-order valence-corrected chi connectivity index (χ0v) is 11.0. The molecule has 92 valence electrons. The number of carbonyl (C=O) groups is 1. The molecule has 0 aromatic carbocycles. The Bertz CT molecular complexity index is 611. The van der Waals surface area contributed by atoms with E-state index in [-0.39, 0.29) is 4.88 Å². The molecular weight excluding hydrogens is 268 g/mol. The molecule has 1 fully saturated rings. The fourth-order valence-corrected chi connectivity index (χ4v) is 3.09. The summed E-state index contributed by atoms with van der Waals surface area (Å²) in [4.78, 5) is 20.6. The van der Waals surface area contributed by atoms with Crippen LogP contribution in [0.1, 0.15) is 44.0 Å². The molecule has 3 rings (SSSR count). The van der Waals surface area contributed by atoms with Crippen LogP contribution in [0, 0.1) is 0 Å². The number of aromatic carboxylic acids is 1. The van der Waals surface area contributed by atoms with E-state index in [1.165, 1.54) is 36.1 Å². The second-order valence-electron chi connectivity index (χ2n) is 4.08. The molecule has 1 saturated carbocycles. The molecule has 0 bridgehead atoms. The summed E-state index contributed by atoms with van der Waals surface area (Å²) >= 11 is 2.79. The Hall–Kier alpha value is -1.53. The van der Waals surface area contributed by atoms with Crippen molar-refractivity contribution < 1.29 is 9.90 Å². The Balaban J connectivity index is 1.79. The molecule has 2 aromatic heterocycles. The third-order valence-electron chi connectivity index (χ3n) is 2.70. The van der Waals surface area contributed by atoms with Gasteiger partial charge in [-0.2, -0.15) is 0 Å². The van der Waals surface area contributed by atoms with E-state index in [9.17, 15) is 4.79 Å². The second kappa shape index (κ2) is 4.62. The maximum Gasteiger partial charge on any atom is 0.347 e. The van der Waals surface area contributed by atoms with E-state index in [2.05, 4.69) is 9.97 Å². The van der Waals surface area contributed by atoms with Gasteiger partial charge in [0.2, 0.25) is 0 Å². The fourth-order valence-electron chi connectivity index (χ4n) is 1.66. The van der Waals surface area contributed by atoms with E-state index < -0.39 is 5.97 Å². The van der Waals surface area contributed by atoms with Crippen LogP contribution in [-0.2, 0) is 0 Å². The number of hydrogen-bond donors (Lipinski definition) is 1. The van der Waals surface area contributed by atoms with Crippen molar-refractivity contribution in [2.75, 3.05) is 0 Å². The van der Waals surface area contributed by atoms with Gasteiger partial charge in [-0.25, -0.2) is 14.8 Å². The van der Waals surface area contributed by atoms with Crippen molar-refractivity contribution in [1.29, 1.82) is 0 Å². The number of thiazole rings is 2. The lowest BCUT2D eigenvalue weighted by molar-refractivity contribution is 0.0702. The van der Waals surface area contributed by atoms with Crippen LogP contribution in [0.4, 0.5) is 0 Å². The highest BCUT2D eigenvalue weighted by Gasteiger charge is 2.27. The van der Waals surface area contributed by atoms with Gasteiger partial charge in [0.25, 0.3) is 0 Å². The predicted octanol–water partition coefficient (Wildman–Crippen LogP) is 3.35. The Morgan fingerprint density at radius 3 is 2.89 bits per heavy atom. The zero-order valence-electron chi connectivity index (χ0n) is 9.37. The molecule has 1 aliphatic rings. The maximum absolute atomic E-state index is 10.7. The summed E-state index contributed by atoms with van der Waals surface area (Å²) in [7, 11) is 0. The summed E-state index contributed by atoms with van der Waals surface area (Å²) in [5.41, 5.74) is 3.03. The standard InChI is InChI=1S/C12H10N2O2S2/c15-12(16)9-5-13-10(18-9)4-3-8-11(7-1-2-7)14-6-17-8/h3-7H,1-2H2,(H,15,16)/b4-3+. The number of carboxylic acids is 1. The lowest BCUT2D eigenvalue weighted by Crippen LogP contribution is -1.89. The predicted molar refractivity (Wildman–Crippen MR) is 72.1 cm³/mol. The largest absolute Gasteiger partial charge is 0.477 e. The lowest BCUT2D eigenvalue weighted by atomic mass is 10.2. The maximum atomic E-state index is 10.7. The van der Waals surface area contributed by atoms with E-state index in [1.807, 2.05) is 17.7 Å². The fraction of sp³-hybridized carbons (Fsp3) is 0.250. The van der Waals surface area contributed by atoms with E-state index in [1.54, 1.807) is 11.3 Å². The van der Waals surface area contributed by atoms with Crippen molar-refractivity contribution in [2.45, 2.75) is 18.8 Å². The van der Waals surface area contributed by atoms with Crippen LogP contribution >= 0.6 is 22.7 Å². The number of hydrogen-bond acceptors (Lipinski definition) is 5. The van der Waals surface area contributed by atoms with Gasteiger partial charge < -0.3 is 5.11 Å². The topological polar surface area (TPSA) is 63.1 Å². The van der Waals surface area contributed by atoms with Crippen LogP contribution in [0.2, 0.25) is 0 Å². The first kappa shape index (κ1) is 11.6. The number of rotatable bonds is 4. The van der Waals surface area contributed by atoms with Crippen LogP contribution in [-0.4, -0.2) is 21.0 Å². The number of aromatic nitrogens is 2. The van der Waals surface area contributed by atoms with Crippen LogP contribution in [0.25, 0.3) is 12.2 Å². The monoisotopic (exact) mass is 278 g/mol. The Kier molecular flexibility index (Phi) is 2.97. The van der Waals surface area contributed by atoms with Crippen LogP contribution in [0.3, 0.4) is 0 Å². The average molecular weight is 278 g/mol. The first-order chi connectivity index (χ1) is 8.74. The van der Waals surface area contributed by atoms with Crippen molar-refractivity contribution in [2.24, 2.45) is 0 Å². The highest BCUT2D eigenvalue weighted by Crippen LogP contribution is 2.42. The van der Waals surface area contributed by atoms with Crippen molar-refractivity contribution in [3.63, 3.8) is 0 Å². The van der Waals surface area contributed by atoms with Gasteiger partial charge in [0.1, 0.15) is 9.88 Å². The van der Waals surface area contributed by atoms with Gasteiger partial charge in [-0.15, -0.1) is 22.7 Å². The summed E-state index contributed by atoms with van der Waals surface area (Å²) in [6.07, 6.45) is 7.68. The molecule has 0 radical (unpaired) electrons. The molecule has 0 amide bonds. The minimum atomic E-state index is -0.927. The molecule has 4 nitrogen and oxygen atoms in total. The Labute approximate surface area is 112 Å². The molecule has 0 atom stereocenters. The van der Waals surface area contributed by atoms with E-state index in [4.69, 9.17) is 5.11 Å². The third kappa shape index (κ3) is 2.34. The highest BCUT2D eigenvalue weighted by molar-refractivity contribution is 7.14. The van der Waals surface area contributed by atoms with Gasteiger partial charge in [-0.1, -0.05) is 0 Å². The van der Waals surface area contributed by atoms with Crippen molar-refractivity contribution >= 4 is 40.8 Å².